The number of anilines is 2. The lowest BCUT2D eigenvalue weighted by molar-refractivity contribution is -0.115. The van der Waals surface area contributed by atoms with Crippen LogP contribution >= 0.6 is 12.6 Å². The highest BCUT2D eigenvalue weighted by Gasteiger charge is 2.09. The third-order valence-electron chi connectivity index (χ3n) is 2.81. The summed E-state index contributed by atoms with van der Waals surface area (Å²) in [5.74, 6) is -0.629. The Morgan fingerprint density at radius 1 is 1.00 bits per heavy atom. The van der Waals surface area contributed by atoms with Crippen LogP contribution in [0.2, 0.25) is 0 Å². The average Bonchev–Trinajstić information content (AvgIpc) is 2.50. The van der Waals surface area contributed by atoms with Crippen LogP contribution in [0.4, 0.5) is 11.4 Å². The number of nitrogens with one attached hydrogen (secondary N) is 2. The summed E-state index contributed by atoms with van der Waals surface area (Å²) in [7, 11) is 0. The Bertz CT molecular complexity index is 736. The summed E-state index contributed by atoms with van der Waals surface area (Å²) >= 11 is 4.24. The third-order valence-corrected chi connectivity index (χ3v) is 3.20. The zero-order valence-corrected chi connectivity index (χ0v) is 12.4. The number of hydrogen-bond acceptors (Lipinski definition) is 4. The quantitative estimate of drug-likeness (QED) is 0.759. The minimum absolute atomic E-state index is 0.197. The molecule has 22 heavy (non-hydrogen) atoms. The van der Waals surface area contributed by atoms with Gasteiger partial charge in [0.25, 0.3) is 5.91 Å². The first-order valence-corrected chi connectivity index (χ1v) is 6.91. The summed E-state index contributed by atoms with van der Waals surface area (Å²) in [6, 6.07) is 15.4. The van der Waals surface area contributed by atoms with E-state index in [9.17, 15) is 9.59 Å². The van der Waals surface area contributed by atoms with Crippen molar-refractivity contribution >= 4 is 35.8 Å². The molecule has 0 spiro atoms. The van der Waals surface area contributed by atoms with Crippen molar-refractivity contribution in [3.63, 3.8) is 0 Å². The van der Waals surface area contributed by atoms with E-state index in [2.05, 4.69) is 23.3 Å². The Balaban J connectivity index is 2.03. The van der Waals surface area contributed by atoms with Gasteiger partial charge in [-0.1, -0.05) is 12.1 Å². The van der Waals surface area contributed by atoms with Crippen LogP contribution in [0.15, 0.2) is 53.4 Å². The molecule has 2 aromatic carbocycles. The number of rotatable bonds is 4. The second-order valence-electron chi connectivity index (χ2n) is 4.43. The van der Waals surface area contributed by atoms with Crippen LogP contribution in [0.3, 0.4) is 0 Å². The largest absolute Gasteiger partial charge is 0.325 e. The van der Waals surface area contributed by atoms with E-state index in [-0.39, 0.29) is 18.2 Å². The van der Waals surface area contributed by atoms with Crippen molar-refractivity contribution in [3.05, 3.63) is 54.1 Å². The minimum atomic E-state index is -0.372. The van der Waals surface area contributed by atoms with E-state index in [0.717, 1.165) is 0 Å². The van der Waals surface area contributed by atoms with Gasteiger partial charge in [0.1, 0.15) is 6.42 Å². The van der Waals surface area contributed by atoms with Crippen molar-refractivity contribution in [1.29, 1.82) is 5.26 Å². The molecule has 2 aromatic rings. The number of hydrogen-bond donors (Lipinski definition) is 3. The monoisotopic (exact) mass is 311 g/mol. The number of thiol groups is 1. The second-order valence-corrected chi connectivity index (χ2v) is 4.91. The fourth-order valence-corrected chi connectivity index (χ4v) is 2.04. The maximum atomic E-state index is 12.1. The summed E-state index contributed by atoms with van der Waals surface area (Å²) < 4.78 is 0. The molecule has 0 saturated carbocycles. The van der Waals surface area contributed by atoms with Gasteiger partial charge in [-0.05, 0) is 36.4 Å². The van der Waals surface area contributed by atoms with E-state index < -0.39 is 0 Å². The van der Waals surface area contributed by atoms with Crippen LogP contribution in [-0.2, 0) is 4.79 Å². The number of nitrogens with zero attached hydrogens (tertiary/aromatic N) is 1. The Hall–Kier alpha value is -2.78. The maximum absolute atomic E-state index is 12.1. The number of carbonyl (C=O) groups excluding carboxylic acids is 2. The average molecular weight is 311 g/mol. The Morgan fingerprint density at radius 3 is 2.18 bits per heavy atom. The number of benzene rings is 2. The van der Waals surface area contributed by atoms with E-state index in [1.807, 2.05) is 0 Å². The van der Waals surface area contributed by atoms with Crippen molar-refractivity contribution in [3.8, 4) is 6.07 Å². The molecule has 0 radical (unpaired) electrons. The summed E-state index contributed by atoms with van der Waals surface area (Å²) in [6.07, 6.45) is -0.197. The first-order chi connectivity index (χ1) is 10.6. The van der Waals surface area contributed by atoms with Crippen molar-refractivity contribution < 1.29 is 9.59 Å². The van der Waals surface area contributed by atoms with Crippen molar-refractivity contribution in [2.75, 3.05) is 10.6 Å². The van der Waals surface area contributed by atoms with Gasteiger partial charge in [-0.2, -0.15) is 5.26 Å². The fraction of sp³-hybridized carbons (Fsp3) is 0.0625. The molecule has 0 bridgehead atoms. The van der Waals surface area contributed by atoms with Crippen LogP contribution in [0, 0.1) is 11.3 Å². The second kappa shape index (κ2) is 7.29. The van der Waals surface area contributed by atoms with Gasteiger partial charge in [0, 0.05) is 16.3 Å². The van der Waals surface area contributed by atoms with Gasteiger partial charge in [-0.15, -0.1) is 12.6 Å². The highest BCUT2D eigenvalue weighted by Crippen LogP contribution is 2.17. The van der Waals surface area contributed by atoms with E-state index in [4.69, 9.17) is 5.26 Å². The van der Waals surface area contributed by atoms with Crippen LogP contribution < -0.4 is 10.6 Å². The molecule has 2 N–H and O–H groups in total. The van der Waals surface area contributed by atoms with Crippen LogP contribution in [0.5, 0.6) is 0 Å². The molecule has 0 unspecified atom stereocenters. The molecule has 0 saturated heterocycles. The summed E-state index contributed by atoms with van der Waals surface area (Å²) in [5.41, 5.74) is 1.64. The number of carbonyl (C=O) groups is 2. The van der Waals surface area contributed by atoms with Gasteiger partial charge in [0.2, 0.25) is 5.91 Å². The smallest absolute Gasteiger partial charge is 0.256 e. The van der Waals surface area contributed by atoms with Gasteiger partial charge in [-0.3, -0.25) is 9.59 Å². The Labute approximate surface area is 133 Å². The number of amides is 2. The first kappa shape index (κ1) is 15.6. The predicted molar refractivity (Wildman–Crippen MR) is 86.9 cm³/mol. The molecule has 0 aliphatic rings. The molecule has 0 aliphatic carbocycles. The van der Waals surface area contributed by atoms with Crippen LogP contribution in [0.1, 0.15) is 16.8 Å². The van der Waals surface area contributed by atoms with Crippen LogP contribution in [-0.4, -0.2) is 11.8 Å². The highest BCUT2D eigenvalue weighted by atomic mass is 32.1. The third kappa shape index (κ3) is 4.11. The van der Waals surface area contributed by atoms with Crippen molar-refractivity contribution in [1.82, 2.24) is 0 Å². The topological polar surface area (TPSA) is 82.0 Å². The number of nitriles is 1. The molecule has 0 aromatic heterocycles. The highest BCUT2D eigenvalue weighted by molar-refractivity contribution is 7.80. The zero-order chi connectivity index (χ0) is 15.9. The van der Waals surface area contributed by atoms with Gasteiger partial charge in [-0.25, -0.2) is 0 Å². The maximum Gasteiger partial charge on any atom is 0.256 e. The van der Waals surface area contributed by atoms with Crippen molar-refractivity contribution in [2.24, 2.45) is 0 Å². The molecule has 5 nitrogen and oxygen atoms in total. The molecule has 0 atom stereocenters. The van der Waals surface area contributed by atoms with E-state index in [1.165, 1.54) is 0 Å². The van der Waals surface area contributed by atoms with E-state index in [0.29, 0.717) is 21.8 Å². The molecular weight excluding hydrogens is 298 g/mol. The molecule has 0 aliphatic heterocycles. The molecule has 0 fully saturated rings. The minimum Gasteiger partial charge on any atom is -0.325 e. The van der Waals surface area contributed by atoms with Crippen LogP contribution in [0.25, 0.3) is 0 Å². The zero-order valence-electron chi connectivity index (χ0n) is 11.5. The molecule has 110 valence electrons. The van der Waals surface area contributed by atoms with Gasteiger partial charge < -0.3 is 10.6 Å². The predicted octanol–water partition coefficient (Wildman–Crippen LogP) is 3.08. The summed E-state index contributed by atoms with van der Waals surface area (Å²) in [5, 5.41) is 13.8. The molecule has 2 amide bonds. The standard InChI is InChI=1S/C16H13N3O2S/c17-10-9-15(20)18-11-5-7-12(8-6-11)19-16(21)13-3-1-2-4-14(13)22/h1-8,22H,9H2,(H,18,20)(H,19,21). The lowest BCUT2D eigenvalue weighted by atomic mass is 10.2. The SMILES string of the molecule is N#CCC(=O)Nc1ccc(NC(=O)c2ccccc2S)cc1. The van der Waals surface area contributed by atoms with Gasteiger partial charge in [0.05, 0.1) is 11.6 Å². The first-order valence-electron chi connectivity index (χ1n) is 6.46. The molecule has 2 rings (SSSR count). The summed E-state index contributed by atoms with van der Waals surface area (Å²) in [6.45, 7) is 0. The Morgan fingerprint density at radius 2 is 1.59 bits per heavy atom. The van der Waals surface area contributed by atoms with Gasteiger partial charge >= 0.3 is 0 Å². The fourth-order valence-electron chi connectivity index (χ4n) is 1.78. The summed E-state index contributed by atoms with van der Waals surface area (Å²) in [4.78, 5) is 24.0. The van der Waals surface area contributed by atoms with Crippen molar-refractivity contribution in [2.45, 2.75) is 11.3 Å². The molecular formula is C16H13N3O2S. The normalized spacial score (nSPS) is 9.64. The molecule has 0 heterocycles. The Kier molecular flexibility index (Phi) is 5.17. The molecule has 6 heteroatoms. The van der Waals surface area contributed by atoms with Gasteiger partial charge in [0.15, 0.2) is 0 Å². The van der Waals surface area contributed by atoms with E-state index in [1.54, 1.807) is 54.6 Å². The lowest BCUT2D eigenvalue weighted by Crippen LogP contribution is -2.13. The van der Waals surface area contributed by atoms with E-state index >= 15 is 0 Å². The lowest BCUT2D eigenvalue weighted by Gasteiger charge is -2.08.